The van der Waals surface area contributed by atoms with Crippen LogP contribution in [0.5, 0.6) is 5.75 Å². The second-order valence-electron chi connectivity index (χ2n) is 6.30. The standard InChI is InChI=1S/C23H27NO6Se/c1-26-10-11-27-12-13-28-14-15-30-22-8-4-20(5-9-22)17-29-18-31-23(25)21-6-2-19(16-24)3-7-21/h2-9H,10-15,17-18H2,1H3. The van der Waals surface area contributed by atoms with Crippen LogP contribution >= 0.6 is 0 Å². The summed E-state index contributed by atoms with van der Waals surface area (Å²) in [6.07, 6.45) is 0. The molecule has 0 aliphatic carbocycles. The van der Waals surface area contributed by atoms with Crippen molar-refractivity contribution in [1.82, 2.24) is 0 Å². The molecule has 0 unspecified atom stereocenters. The van der Waals surface area contributed by atoms with Gasteiger partial charge < -0.3 is 9.47 Å². The van der Waals surface area contributed by atoms with Crippen LogP contribution in [0, 0.1) is 11.3 Å². The SMILES string of the molecule is COCCOCCOCCOc1ccc(COC[Se]C(=O)c2ccc(C#N)cc2)cc1. The van der Waals surface area contributed by atoms with Crippen LogP contribution in [0.25, 0.3) is 0 Å². The first-order valence-corrected chi connectivity index (χ1v) is 11.9. The average Bonchev–Trinajstić information content (AvgIpc) is 2.81. The van der Waals surface area contributed by atoms with Crippen LogP contribution in [-0.2, 0) is 25.6 Å². The van der Waals surface area contributed by atoms with Crippen molar-refractivity contribution in [1.29, 1.82) is 5.26 Å². The van der Waals surface area contributed by atoms with Crippen LogP contribution in [-0.4, -0.2) is 71.9 Å². The van der Waals surface area contributed by atoms with Crippen molar-refractivity contribution in [2.75, 3.05) is 52.3 Å². The fourth-order valence-electron chi connectivity index (χ4n) is 2.38. The summed E-state index contributed by atoms with van der Waals surface area (Å²) in [5.41, 5.74) is 2.57. The molecule has 0 radical (unpaired) electrons. The molecule has 0 heterocycles. The van der Waals surface area contributed by atoms with Gasteiger partial charge in [0, 0.05) is 7.11 Å². The Morgan fingerprint density at radius 1 is 0.871 bits per heavy atom. The van der Waals surface area contributed by atoms with Crippen LogP contribution in [0.1, 0.15) is 21.5 Å². The van der Waals surface area contributed by atoms with Crippen molar-refractivity contribution in [3.63, 3.8) is 0 Å². The van der Waals surface area contributed by atoms with E-state index in [1.165, 1.54) is 0 Å². The van der Waals surface area contributed by atoms with E-state index < -0.39 is 0 Å². The van der Waals surface area contributed by atoms with E-state index in [2.05, 4.69) is 0 Å². The predicted molar refractivity (Wildman–Crippen MR) is 116 cm³/mol. The molecular formula is C23H27NO6Se. The number of benzene rings is 2. The van der Waals surface area contributed by atoms with Crippen molar-refractivity contribution in [2.24, 2.45) is 0 Å². The normalized spacial score (nSPS) is 10.6. The number of rotatable bonds is 16. The van der Waals surface area contributed by atoms with Gasteiger partial charge >= 0.3 is 153 Å². The van der Waals surface area contributed by atoms with Gasteiger partial charge in [0.05, 0.1) is 19.8 Å². The second-order valence-corrected chi connectivity index (χ2v) is 8.18. The number of carbonyl (C=O) groups excluding carboxylic acids is 1. The quantitative estimate of drug-likeness (QED) is 0.263. The molecule has 0 atom stereocenters. The molecular weight excluding hydrogens is 465 g/mol. The molecule has 0 bridgehead atoms. The van der Waals surface area contributed by atoms with Crippen LogP contribution < -0.4 is 4.74 Å². The van der Waals surface area contributed by atoms with Gasteiger partial charge in [0.1, 0.15) is 0 Å². The Morgan fingerprint density at radius 2 is 1.52 bits per heavy atom. The summed E-state index contributed by atoms with van der Waals surface area (Å²) in [6.45, 7) is 3.62. The van der Waals surface area contributed by atoms with E-state index in [9.17, 15) is 4.79 Å². The second kappa shape index (κ2) is 15.5. The van der Waals surface area contributed by atoms with Crippen LogP contribution in [0.2, 0.25) is 0 Å². The molecule has 7 nitrogen and oxygen atoms in total. The molecule has 0 amide bonds. The molecule has 2 aromatic carbocycles. The zero-order valence-corrected chi connectivity index (χ0v) is 19.3. The molecule has 0 aliphatic heterocycles. The van der Waals surface area contributed by atoms with Gasteiger partial charge in [-0.05, 0) is 0 Å². The van der Waals surface area contributed by atoms with Crippen molar-refractivity contribution in [3.05, 3.63) is 65.2 Å². The predicted octanol–water partition coefficient (Wildman–Crippen LogP) is 2.64. The Morgan fingerprint density at radius 3 is 2.16 bits per heavy atom. The third kappa shape index (κ3) is 10.6. The summed E-state index contributed by atoms with van der Waals surface area (Å²) in [6, 6.07) is 16.4. The minimum atomic E-state index is -0.300. The van der Waals surface area contributed by atoms with Crippen molar-refractivity contribution in [2.45, 2.75) is 6.61 Å². The number of hydrogen-bond donors (Lipinski definition) is 0. The van der Waals surface area contributed by atoms with E-state index in [4.69, 9.17) is 28.9 Å². The van der Waals surface area contributed by atoms with Gasteiger partial charge in [-0.3, -0.25) is 0 Å². The zero-order chi connectivity index (χ0) is 22.2. The molecule has 31 heavy (non-hydrogen) atoms. The molecule has 8 heteroatoms. The van der Waals surface area contributed by atoms with Gasteiger partial charge in [-0.15, -0.1) is 0 Å². The van der Waals surface area contributed by atoms with Crippen LogP contribution in [0.3, 0.4) is 0 Å². The summed E-state index contributed by atoms with van der Waals surface area (Å²) in [5, 5.41) is 8.80. The molecule has 0 fully saturated rings. The minimum absolute atomic E-state index is 0.0597. The monoisotopic (exact) mass is 493 g/mol. The summed E-state index contributed by atoms with van der Waals surface area (Å²) in [7, 11) is 1.64. The Hall–Kier alpha value is -2.24. The van der Waals surface area contributed by atoms with Gasteiger partial charge in [0.15, 0.2) is 0 Å². The molecule has 0 aromatic heterocycles. The first kappa shape index (κ1) is 25.0. The maximum atomic E-state index is 12.2. The Balaban J connectivity index is 1.54. The molecule has 0 saturated carbocycles. The zero-order valence-electron chi connectivity index (χ0n) is 17.6. The van der Waals surface area contributed by atoms with E-state index in [0.29, 0.717) is 62.9 Å². The molecule has 0 spiro atoms. The number of hydrogen-bond acceptors (Lipinski definition) is 7. The third-order valence-electron chi connectivity index (χ3n) is 4.02. The summed E-state index contributed by atoms with van der Waals surface area (Å²) >= 11 is -0.300. The van der Waals surface area contributed by atoms with E-state index in [1.807, 2.05) is 30.3 Å². The fourth-order valence-corrected chi connectivity index (χ4v) is 3.59. The number of carbonyl (C=O) groups is 1. The number of ether oxygens (including phenoxy) is 5. The Labute approximate surface area is 189 Å². The van der Waals surface area contributed by atoms with Crippen molar-refractivity contribution >= 4 is 19.6 Å². The van der Waals surface area contributed by atoms with E-state index in [0.717, 1.165) is 11.3 Å². The van der Waals surface area contributed by atoms with E-state index in [1.54, 1.807) is 31.4 Å². The maximum absolute atomic E-state index is 12.2. The summed E-state index contributed by atoms with van der Waals surface area (Å²) < 4.78 is 27.0. The Bertz CT molecular complexity index is 804. The summed E-state index contributed by atoms with van der Waals surface area (Å²) in [4.78, 5) is 12.2. The first-order chi connectivity index (χ1) is 15.2. The van der Waals surface area contributed by atoms with Crippen molar-refractivity contribution < 1.29 is 28.5 Å². The fraction of sp³-hybridized carbons (Fsp3) is 0.391. The van der Waals surface area contributed by atoms with Gasteiger partial charge in [-0.1, -0.05) is 0 Å². The van der Waals surface area contributed by atoms with Gasteiger partial charge in [0.25, 0.3) is 0 Å². The molecule has 166 valence electrons. The van der Waals surface area contributed by atoms with Crippen molar-refractivity contribution in [3.8, 4) is 11.8 Å². The molecule has 2 aromatic rings. The topological polar surface area (TPSA) is 87.0 Å². The van der Waals surface area contributed by atoms with E-state index >= 15 is 0 Å². The molecule has 2 rings (SSSR count). The Kier molecular flexibility index (Phi) is 12.5. The molecule has 0 saturated heterocycles. The number of methoxy groups -OCH3 is 1. The van der Waals surface area contributed by atoms with Gasteiger partial charge in [-0.2, -0.15) is 0 Å². The van der Waals surface area contributed by atoms with Crippen LogP contribution in [0.4, 0.5) is 0 Å². The number of nitriles is 1. The average molecular weight is 492 g/mol. The molecule has 0 N–H and O–H groups in total. The summed E-state index contributed by atoms with van der Waals surface area (Å²) in [5.74, 6) is 0.768. The van der Waals surface area contributed by atoms with E-state index in [-0.39, 0.29) is 19.6 Å². The van der Waals surface area contributed by atoms with Gasteiger partial charge in [-0.25, -0.2) is 0 Å². The van der Waals surface area contributed by atoms with Gasteiger partial charge in [0.2, 0.25) is 0 Å². The third-order valence-corrected chi connectivity index (χ3v) is 5.66. The molecule has 0 aliphatic rings. The first-order valence-electron chi connectivity index (χ1n) is 9.84. The van der Waals surface area contributed by atoms with Crippen LogP contribution in [0.15, 0.2) is 48.5 Å². The number of nitrogens with zero attached hydrogens (tertiary/aromatic N) is 1.